The normalized spacial score (nSPS) is 10.3. The number of hydrogen-bond donors (Lipinski definition) is 2. The molecule has 7 heteroatoms. The van der Waals surface area contributed by atoms with E-state index in [-0.39, 0.29) is 24.0 Å². The maximum atomic E-state index is 12.2. The van der Waals surface area contributed by atoms with Crippen LogP contribution in [0.4, 0.5) is 5.00 Å². The zero-order valence-corrected chi connectivity index (χ0v) is 14.9. The van der Waals surface area contributed by atoms with Crippen molar-refractivity contribution in [2.45, 2.75) is 47.0 Å². The molecule has 1 aromatic heterocycles. The van der Waals surface area contributed by atoms with Gasteiger partial charge in [-0.3, -0.25) is 9.59 Å². The average molecular weight is 340 g/mol. The van der Waals surface area contributed by atoms with Gasteiger partial charge in [0, 0.05) is 13.0 Å². The summed E-state index contributed by atoms with van der Waals surface area (Å²) in [5, 5.41) is 5.88. The Morgan fingerprint density at radius 3 is 2.39 bits per heavy atom. The number of amides is 2. The summed E-state index contributed by atoms with van der Waals surface area (Å²) < 4.78 is 5.05. The Morgan fingerprint density at radius 1 is 1.13 bits per heavy atom. The Kier molecular flexibility index (Phi) is 7.74. The third kappa shape index (κ3) is 5.06. The maximum absolute atomic E-state index is 12.2. The SMILES string of the molecule is CCCNC(=O)c1sc(NC(=O)CCC)c(C(=O)OCC)c1C. The monoisotopic (exact) mass is 340 g/mol. The molecule has 0 saturated heterocycles. The Morgan fingerprint density at radius 2 is 1.83 bits per heavy atom. The van der Waals surface area contributed by atoms with Gasteiger partial charge in [0.25, 0.3) is 5.91 Å². The van der Waals surface area contributed by atoms with E-state index in [0.29, 0.717) is 34.8 Å². The summed E-state index contributed by atoms with van der Waals surface area (Å²) in [6.07, 6.45) is 1.88. The zero-order chi connectivity index (χ0) is 17.4. The molecule has 0 aliphatic heterocycles. The number of ether oxygens (including phenoxy) is 1. The lowest BCUT2D eigenvalue weighted by molar-refractivity contribution is -0.116. The van der Waals surface area contributed by atoms with Crippen LogP contribution in [-0.2, 0) is 9.53 Å². The Hall–Kier alpha value is -1.89. The summed E-state index contributed by atoms with van der Waals surface area (Å²) in [5.41, 5.74) is 0.803. The Balaban J connectivity index is 3.17. The molecule has 23 heavy (non-hydrogen) atoms. The topological polar surface area (TPSA) is 84.5 Å². The van der Waals surface area contributed by atoms with Gasteiger partial charge in [-0.25, -0.2) is 4.79 Å². The van der Waals surface area contributed by atoms with Crippen LogP contribution in [0.5, 0.6) is 0 Å². The molecule has 2 amide bonds. The van der Waals surface area contributed by atoms with E-state index in [0.717, 1.165) is 17.8 Å². The molecular formula is C16H24N2O4S. The molecule has 2 N–H and O–H groups in total. The molecule has 6 nitrogen and oxygen atoms in total. The van der Waals surface area contributed by atoms with E-state index in [1.165, 1.54) is 0 Å². The predicted octanol–water partition coefficient (Wildman–Crippen LogP) is 3.11. The number of carbonyl (C=O) groups excluding carboxylic acids is 3. The quantitative estimate of drug-likeness (QED) is 0.712. The van der Waals surface area contributed by atoms with E-state index >= 15 is 0 Å². The second-order valence-electron chi connectivity index (χ2n) is 5.03. The van der Waals surface area contributed by atoms with E-state index in [2.05, 4.69) is 10.6 Å². The number of anilines is 1. The molecule has 0 unspecified atom stereocenters. The highest BCUT2D eigenvalue weighted by molar-refractivity contribution is 7.18. The van der Waals surface area contributed by atoms with Crippen molar-refractivity contribution in [3.8, 4) is 0 Å². The molecule has 0 aromatic carbocycles. The number of thiophene rings is 1. The van der Waals surface area contributed by atoms with Gasteiger partial charge >= 0.3 is 5.97 Å². The van der Waals surface area contributed by atoms with E-state index in [9.17, 15) is 14.4 Å². The van der Waals surface area contributed by atoms with Crippen molar-refractivity contribution >= 4 is 34.1 Å². The molecular weight excluding hydrogens is 316 g/mol. The lowest BCUT2D eigenvalue weighted by Crippen LogP contribution is -2.23. The van der Waals surface area contributed by atoms with Crippen LogP contribution in [0, 0.1) is 6.92 Å². The molecule has 0 aliphatic carbocycles. The smallest absolute Gasteiger partial charge is 0.341 e. The third-order valence-electron chi connectivity index (χ3n) is 3.10. The summed E-state index contributed by atoms with van der Waals surface area (Å²) in [5.74, 6) is -0.946. The highest BCUT2D eigenvalue weighted by atomic mass is 32.1. The van der Waals surface area contributed by atoms with Crippen molar-refractivity contribution in [1.82, 2.24) is 5.32 Å². The first-order valence-electron chi connectivity index (χ1n) is 7.84. The van der Waals surface area contributed by atoms with E-state index in [1.807, 2.05) is 13.8 Å². The largest absolute Gasteiger partial charge is 0.462 e. The first-order valence-corrected chi connectivity index (χ1v) is 8.66. The van der Waals surface area contributed by atoms with Crippen molar-refractivity contribution in [3.05, 3.63) is 16.0 Å². The molecule has 0 spiro atoms. The first-order chi connectivity index (χ1) is 11.0. The zero-order valence-electron chi connectivity index (χ0n) is 14.1. The minimum atomic E-state index is -0.525. The van der Waals surface area contributed by atoms with Crippen molar-refractivity contribution in [1.29, 1.82) is 0 Å². The number of esters is 1. The van der Waals surface area contributed by atoms with E-state index in [1.54, 1.807) is 13.8 Å². The van der Waals surface area contributed by atoms with Gasteiger partial charge in [0.1, 0.15) is 5.00 Å². The Labute approximate surface area is 140 Å². The molecule has 0 aliphatic rings. The van der Waals surface area contributed by atoms with Gasteiger partial charge in [0.15, 0.2) is 0 Å². The number of rotatable bonds is 8. The van der Waals surface area contributed by atoms with Crippen LogP contribution in [0.1, 0.15) is 65.6 Å². The highest BCUT2D eigenvalue weighted by Crippen LogP contribution is 2.34. The van der Waals surface area contributed by atoms with Crippen LogP contribution in [0.15, 0.2) is 0 Å². The average Bonchev–Trinajstić information content (AvgIpc) is 2.81. The summed E-state index contributed by atoms with van der Waals surface area (Å²) >= 11 is 1.11. The Bertz CT molecular complexity index is 581. The highest BCUT2D eigenvalue weighted by Gasteiger charge is 2.26. The van der Waals surface area contributed by atoms with Gasteiger partial charge in [0.05, 0.1) is 17.0 Å². The van der Waals surface area contributed by atoms with E-state index in [4.69, 9.17) is 4.74 Å². The van der Waals surface area contributed by atoms with Crippen LogP contribution < -0.4 is 10.6 Å². The predicted molar refractivity (Wildman–Crippen MR) is 91.2 cm³/mol. The van der Waals surface area contributed by atoms with Crippen LogP contribution >= 0.6 is 11.3 Å². The summed E-state index contributed by atoms with van der Waals surface area (Å²) in [6, 6.07) is 0. The van der Waals surface area contributed by atoms with Crippen molar-refractivity contribution in [2.75, 3.05) is 18.5 Å². The van der Waals surface area contributed by atoms with Crippen LogP contribution in [-0.4, -0.2) is 30.9 Å². The van der Waals surface area contributed by atoms with Gasteiger partial charge in [-0.2, -0.15) is 0 Å². The second-order valence-corrected chi connectivity index (χ2v) is 6.06. The molecule has 0 atom stereocenters. The van der Waals surface area contributed by atoms with E-state index < -0.39 is 5.97 Å². The molecule has 0 saturated carbocycles. The lowest BCUT2D eigenvalue weighted by atomic mass is 10.1. The molecule has 0 radical (unpaired) electrons. The molecule has 0 fully saturated rings. The molecule has 1 heterocycles. The standard InChI is InChI=1S/C16H24N2O4S/c1-5-8-11(19)18-15-12(16(21)22-7-3)10(4)13(23-15)14(20)17-9-6-2/h5-9H2,1-4H3,(H,17,20)(H,18,19). The molecule has 1 aromatic rings. The van der Waals surface area contributed by atoms with Gasteiger partial charge < -0.3 is 15.4 Å². The van der Waals surface area contributed by atoms with Crippen molar-refractivity contribution < 1.29 is 19.1 Å². The lowest BCUT2D eigenvalue weighted by Gasteiger charge is -2.06. The van der Waals surface area contributed by atoms with Gasteiger partial charge in [-0.15, -0.1) is 11.3 Å². The van der Waals surface area contributed by atoms with Gasteiger partial charge in [0.2, 0.25) is 5.91 Å². The van der Waals surface area contributed by atoms with Crippen LogP contribution in [0.3, 0.4) is 0 Å². The fourth-order valence-corrected chi connectivity index (χ4v) is 3.13. The fraction of sp³-hybridized carbons (Fsp3) is 0.562. The number of nitrogens with one attached hydrogen (secondary N) is 2. The second kappa shape index (κ2) is 9.29. The maximum Gasteiger partial charge on any atom is 0.341 e. The minimum Gasteiger partial charge on any atom is -0.462 e. The van der Waals surface area contributed by atoms with Gasteiger partial charge in [-0.05, 0) is 32.3 Å². The third-order valence-corrected chi connectivity index (χ3v) is 4.30. The first kappa shape index (κ1) is 19.2. The fourth-order valence-electron chi connectivity index (χ4n) is 2.00. The van der Waals surface area contributed by atoms with Crippen molar-refractivity contribution in [3.63, 3.8) is 0 Å². The molecule has 128 valence electrons. The number of hydrogen-bond acceptors (Lipinski definition) is 5. The van der Waals surface area contributed by atoms with Gasteiger partial charge in [-0.1, -0.05) is 13.8 Å². The number of carbonyl (C=O) groups is 3. The summed E-state index contributed by atoms with van der Waals surface area (Å²) in [6.45, 7) is 8.05. The molecule has 1 rings (SSSR count). The van der Waals surface area contributed by atoms with Crippen molar-refractivity contribution in [2.24, 2.45) is 0 Å². The minimum absolute atomic E-state index is 0.181. The summed E-state index contributed by atoms with van der Waals surface area (Å²) in [4.78, 5) is 36.7. The van der Waals surface area contributed by atoms with Crippen LogP contribution in [0.2, 0.25) is 0 Å². The molecule has 0 bridgehead atoms. The van der Waals surface area contributed by atoms with Crippen LogP contribution in [0.25, 0.3) is 0 Å². The summed E-state index contributed by atoms with van der Waals surface area (Å²) in [7, 11) is 0.